The summed E-state index contributed by atoms with van der Waals surface area (Å²) in [5.41, 5.74) is 3.48. The predicted molar refractivity (Wildman–Crippen MR) is 69.2 cm³/mol. The third-order valence-electron chi connectivity index (χ3n) is 2.90. The van der Waals surface area contributed by atoms with Gasteiger partial charge in [-0.25, -0.2) is 5.84 Å². The summed E-state index contributed by atoms with van der Waals surface area (Å²) in [6.07, 6.45) is 3.18. The maximum Gasteiger partial charge on any atom is 0.268 e. The molecular formula is C13H12N4O2. The van der Waals surface area contributed by atoms with E-state index in [1.165, 1.54) is 6.26 Å². The van der Waals surface area contributed by atoms with Gasteiger partial charge in [-0.15, -0.1) is 0 Å². The first-order valence-electron chi connectivity index (χ1n) is 5.77. The fourth-order valence-electron chi connectivity index (χ4n) is 1.97. The molecule has 0 saturated carbocycles. The van der Waals surface area contributed by atoms with Crippen molar-refractivity contribution in [3.8, 4) is 0 Å². The first-order chi connectivity index (χ1) is 9.28. The molecule has 0 unspecified atom stereocenters. The monoisotopic (exact) mass is 256 g/mol. The lowest BCUT2D eigenvalue weighted by molar-refractivity contribution is 0.0953. The molecule has 1 amide bonds. The van der Waals surface area contributed by atoms with E-state index in [1.807, 2.05) is 28.9 Å². The molecule has 0 aliphatic heterocycles. The minimum Gasteiger partial charge on any atom is -0.467 e. The Morgan fingerprint density at radius 2 is 2.26 bits per heavy atom. The summed E-state index contributed by atoms with van der Waals surface area (Å²) in [6.45, 7) is 0.464. The molecule has 0 aliphatic carbocycles. The van der Waals surface area contributed by atoms with Gasteiger partial charge >= 0.3 is 0 Å². The molecule has 3 N–H and O–H groups in total. The van der Waals surface area contributed by atoms with E-state index >= 15 is 0 Å². The number of rotatable bonds is 3. The molecule has 2 heterocycles. The number of nitrogen functional groups attached to an aromatic ring is 1. The minimum atomic E-state index is -0.375. The number of nitrogens with zero attached hydrogens (tertiary/aromatic N) is 2. The van der Waals surface area contributed by atoms with E-state index < -0.39 is 0 Å². The third kappa shape index (κ3) is 2.09. The van der Waals surface area contributed by atoms with Crippen LogP contribution in [0.4, 0.5) is 0 Å². The summed E-state index contributed by atoms with van der Waals surface area (Å²) in [7, 11) is 0. The number of nitrogens with two attached hydrogens (primary N) is 1. The molecule has 0 bridgehead atoms. The molecule has 3 rings (SSSR count). The van der Waals surface area contributed by atoms with Crippen LogP contribution < -0.4 is 11.3 Å². The van der Waals surface area contributed by atoms with Crippen molar-refractivity contribution in [3.05, 3.63) is 54.1 Å². The number of carbonyl (C=O) groups excluding carboxylic acids is 1. The highest BCUT2D eigenvalue weighted by Crippen LogP contribution is 2.15. The Morgan fingerprint density at radius 1 is 1.42 bits per heavy atom. The summed E-state index contributed by atoms with van der Waals surface area (Å²) in [5.74, 6) is 5.34. The summed E-state index contributed by atoms with van der Waals surface area (Å²) in [6, 6.07) is 9.55. The fraction of sp³-hybridized carbons (Fsp3) is 0.0769. The number of aromatic nitrogens is 2. The van der Waals surface area contributed by atoms with Gasteiger partial charge in [0.05, 0.1) is 23.8 Å². The fourth-order valence-corrected chi connectivity index (χ4v) is 1.97. The predicted octanol–water partition coefficient (Wildman–Crippen LogP) is 1.28. The van der Waals surface area contributed by atoms with Crippen molar-refractivity contribution in [1.29, 1.82) is 0 Å². The van der Waals surface area contributed by atoms with Gasteiger partial charge in [0.1, 0.15) is 12.0 Å². The molecule has 0 fully saturated rings. The van der Waals surface area contributed by atoms with Gasteiger partial charge in [-0.3, -0.25) is 14.9 Å². The summed E-state index contributed by atoms with van der Waals surface area (Å²) in [5, 5.41) is 5.36. The van der Waals surface area contributed by atoms with Gasteiger partial charge in [-0.1, -0.05) is 18.2 Å². The topological polar surface area (TPSA) is 86.1 Å². The second kappa shape index (κ2) is 4.58. The Bertz CT molecular complexity index is 729. The molecule has 1 aromatic carbocycles. The number of hydrogen-bond donors (Lipinski definition) is 2. The minimum absolute atomic E-state index is 0.375. The van der Waals surface area contributed by atoms with Crippen molar-refractivity contribution in [2.45, 2.75) is 6.54 Å². The highest BCUT2D eigenvalue weighted by atomic mass is 16.3. The Morgan fingerprint density at radius 3 is 3.11 bits per heavy atom. The van der Waals surface area contributed by atoms with Gasteiger partial charge in [0.2, 0.25) is 0 Å². The standard InChI is InChI=1S/C13H12N4O2/c14-16-13(18)10-5-11(19-8-10)7-17-12-4-2-1-3-9(12)6-15-17/h1-6,8H,7,14H2,(H,16,18). The zero-order valence-electron chi connectivity index (χ0n) is 10.0. The molecule has 0 atom stereocenters. The van der Waals surface area contributed by atoms with Crippen LogP contribution in [-0.4, -0.2) is 15.7 Å². The van der Waals surface area contributed by atoms with Crippen LogP contribution in [0, 0.1) is 0 Å². The Balaban J connectivity index is 1.89. The molecule has 3 aromatic rings. The third-order valence-corrected chi connectivity index (χ3v) is 2.90. The number of hydrogen-bond acceptors (Lipinski definition) is 4. The van der Waals surface area contributed by atoms with Crippen LogP contribution in [0.3, 0.4) is 0 Å². The molecule has 0 aliphatic rings. The second-order valence-corrected chi connectivity index (χ2v) is 4.14. The van der Waals surface area contributed by atoms with E-state index in [2.05, 4.69) is 10.5 Å². The molecular weight excluding hydrogens is 244 g/mol. The first kappa shape index (κ1) is 11.5. The molecule has 96 valence electrons. The smallest absolute Gasteiger partial charge is 0.268 e. The average molecular weight is 256 g/mol. The first-order valence-corrected chi connectivity index (χ1v) is 5.77. The molecule has 6 nitrogen and oxygen atoms in total. The van der Waals surface area contributed by atoms with Gasteiger partial charge in [-0.05, 0) is 12.1 Å². The number of fused-ring (bicyclic) bond motifs is 1. The van der Waals surface area contributed by atoms with Crippen molar-refractivity contribution in [2.24, 2.45) is 5.84 Å². The van der Waals surface area contributed by atoms with E-state index in [0.29, 0.717) is 17.9 Å². The van der Waals surface area contributed by atoms with Crippen molar-refractivity contribution in [3.63, 3.8) is 0 Å². The zero-order chi connectivity index (χ0) is 13.2. The number of amides is 1. The molecule has 2 aromatic heterocycles. The van der Waals surface area contributed by atoms with Crippen LogP contribution >= 0.6 is 0 Å². The maximum absolute atomic E-state index is 11.3. The maximum atomic E-state index is 11.3. The van der Waals surface area contributed by atoms with E-state index in [-0.39, 0.29) is 5.91 Å². The van der Waals surface area contributed by atoms with Crippen LogP contribution in [0.5, 0.6) is 0 Å². The van der Waals surface area contributed by atoms with Crippen LogP contribution in [0.1, 0.15) is 16.1 Å². The van der Waals surface area contributed by atoms with E-state index in [0.717, 1.165) is 10.9 Å². The lowest BCUT2D eigenvalue weighted by Crippen LogP contribution is -2.29. The van der Waals surface area contributed by atoms with Crippen LogP contribution in [-0.2, 0) is 6.54 Å². The molecule has 6 heteroatoms. The van der Waals surface area contributed by atoms with Gasteiger partial charge in [-0.2, -0.15) is 5.10 Å². The van der Waals surface area contributed by atoms with Gasteiger partial charge in [0.25, 0.3) is 5.91 Å². The normalized spacial score (nSPS) is 10.8. The number of carbonyl (C=O) groups is 1. The van der Waals surface area contributed by atoms with Crippen molar-refractivity contribution >= 4 is 16.8 Å². The SMILES string of the molecule is NNC(=O)c1coc(Cn2ncc3ccccc32)c1. The lowest BCUT2D eigenvalue weighted by Gasteiger charge is -2.00. The van der Waals surface area contributed by atoms with Gasteiger partial charge in [0, 0.05) is 5.39 Å². The number of benzene rings is 1. The molecule has 0 saturated heterocycles. The quantitative estimate of drug-likeness (QED) is 0.420. The summed E-state index contributed by atoms with van der Waals surface area (Å²) in [4.78, 5) is 11.3. The van der Waals surface area contributed by atoms with Gasteiger partial charge in [0.15, 0.2) is 0 Å². The van der Waals surface area contributed by atoms with E-state index in [1.54, 1.807) is 12.3 Å². The number of para-hydroxylation sites is 1. The summed E-state index contributed by atoms with van der Waals surface area (Å²) < 4.78 is 7.15. The van der Waals surface area contributed by atoms with Crippen LogP contribution in [0.25, 0.3) is 10.9 Å². The molecule has 19 heavy (non-hydrogen) atoms. The highest BCUT2D eigenvalue weighted by Gasteiger charge is 2.10. The Labute approximate surface area is 108 Å². The van der Waals surface area contributed by atoms with Crippen LogP contribution in [0.15, 0.2) is 47.2 Å². The van der Waals surface area contributed by atoms with Crippen molar-refractivity contribution < 1.29 is 9.21 Å². The Hall–Kier alpha value is -2.60. The zero-order valence-corrected chi connectivity index (χ0v) is 10.0. The number of hydrazine groups is 1. The summed E-state index contributed by atoms with van der Waals surface area (Å²) >= 11 is 0. The van der Waals surface area contributed by atoms with Crippen molar-refractivity contribution in [1.82, 2.24) is 15.2 Å². The average Bonchev–Trinajstić information content (AvgIpc) is 3.06. The van der Waals surface area contributed by atoms with E-state index in [9.17, 15) is 4.79 Å². The largest absolute Gasteiger partial charge is 0.467 e. The Kier molecular flexibility index (Phi) is 2.77. The highest BCUT2D eigenvalue weighted by molar-refractivity contribution is 5.93. The second-order valence-electron chi connectivity index (χ2n) is 4.14. The van der Waals surface area contributed by atoms with Crippen LogP contribution in [0.2, 0.25) is 0 Å². The molecule has 0 radical (unpaired) electrons. The number of furan rings is 1. The van der Waals surface area contributed by atoms with Gasteiger partial charge < -0.3 is 4.42 Å². The lowest BCUT2D eigenvalue weighted by atomic mass is 10.2. The number of nitrogens with one attached hydrogen (secondary N) is 1. The molecule has 0 spiro atoms. The van der Waals surface area contributed by atoms with E-state index in [4.69, 9.17) is 10.3 Å². The van der Waals surface area contributed by atoms with Crippen molar-refractivity contribution in [2.75, 3.05) is 0 Å².